The normalized spacial score (nSPS) is 10.8. The Hall–Kier alpha value is -2.17. The summed E-state index contributed by atoms with van der Waals surface area (Å²) in [6.07, 6.45) is 1.37. The fraction of sp³-hybridized carbons (Fsp3) is 0.250. The van der Waals surface area contributed by atoms with E-state index < -0.39 is 5.97 Å². The summed E-state index contributed by atoms with van der Waals surface area (Å²) in [6.45, 7) is 3.80. The van der Waals surface area contributed by atoms with Gasteiger partial charge in [-0.25, -0.2) is 14.8 Å². The molecule has 0 spiro atoms. The van der Waals surface area contributed by atoms with Crippen molar-refractivity contribution >= 4 is 16.9 Å². The van der Waals surface area contributed by atoms with E-state index in [1.165, 1.54) is 18.5 Å². The van der Waals surface area contributed by atoms with E-state index in [-0.39, 0.29) is 11.7 Å². The van der Waals surface area contributed by atoms with E-state index in [0.717, 1.165) is 0 Å². The molecule has 5 nitrogen and oxygen atoms in total. The molecular formula is C12H12N2O3. The van der Waals surface area contributed by atoms with Crippen molar-refractivity contribution in [3.05, 3.63) is 30.1 Å². The molecule has 0 aliphatic rings. The Bertz CT molecular complexity index is 567. The van der Waals surface area contributed by atoms with E-state index in [1.54, 1.807) is 6.07 Å². The van der Waals surface area contributed by atoms with Gasteiger partial charge in [-0.1, -0.05) is 0 Å². The summed E-state index contributed by atoms with van der Waals surface area (Å²) >= 11 is 0. The zero-order valence-corrected chi connectivity index (χ0v) is 9.54. The molecule has 17 heavy (non-hydrogen) atoms. The smallest absolute Gasteiger partial charge is 0.335 e. The highest BCUT2D eigenvalue weighted by molar-refractivity contribution is 5.94. The fourth-order valence-corrected chi connectivity index (χ4v) is 1.48. The second-order valence-electron chi connectivity index (χ2n) is 3.88. The number of carboxylic acids is 1. The number of ether oxygens (including phenoxy) is 1. The lowest BCUT2D eigenvalue weighted by atomic mass is 10.1. The molecule has 0 aliphatic carbocycles. The zero-order valence-electron chi connectivity index (χ0n) is 9.54. The van der Waals surface area contributed by atoms with E-state index in [0.29, 0.717) is 16.8 Å². The maximum atomic E-state index is 10.8. The van der Waals surface area contributed by atoms with Gasteiger partial charge in [0.15, 0.2) is 0 Å². The molecule has 2 aromatic rings. The van der Waals surface area contributed by atoms with Crippen molar-refractivity contribution in [1.29, 1.82) is 0 Å². The molecule has 0 bridgehead atoms. The molecule has 0 unspecified atom stereocenters. The molecule has 0 atom stereocenters. The zero-order chi connectivity index (χ0) is 12.4. The number of carboxylic acid groups (broad SMARTS) is 1. The number of rotatable bonds is 3. The Morgan fingerprint density at radius 1 is 1.35 bits per heavy atom. The summed E-state index contributed by atoms with van der Waals surface area (Å²) in [5.41, 5.74) is 0.766. The summed E-state index contributed by atoms with van der Waals surface area (Å²) in [4.78, 5) is 18.9. The summed E-state index contributed by atoms with van der Waals surface area (Å²) in [5.74, 6) is -0.501. The summed E-state index contributed by atoms with van der Waals surface area (Å²) in [5, 5.41) is 9.60. The lowest BCUT2D eigenvalue weighted by Gasteiger charge is -2.10. The Morgan fingerprint density at radius 2 is 2.12 bits per heavy atom. The van der Waals surface area contributed by atoms with Gasteiger partial charge in [-0.3, -0.25) is 0 Å². The van der Waals surface area contributed by atoms with E-state index >= 15 is 0 Å². The highest BCUT2D eigenvalue weighted by Gasteiger charge is 2.09. The average Bonchev–Trinajstić information content (AvgIpc) is 2.28. The van der Waals surface area contributed by atoms with Crippen molar-refractivity contribution in [2.75, 3.05) is 0 Å². The van der Waals surface area contributed by atoms with Crippen LogP contribution in [-0.4, -0.2) is 27.1 Å². The third kappa shape index (κ3) is 2.33. The van der Waals surface area contributed by atoms with Crippen LogP contribution in [-0.2, 0) is 0 Å². The summed E-state index contributed by atoms with van der Waals surface area (Å²) < 4.78 is 5.53. The van der Waals surface area contributed by atoms with Crippen LogP contribution in [0.1, 0.15) is 24.2 Å². The van der Waals surface area contributed by atoms with Crippen molar-refractivity contribution in [3.8, 4) is 5.88 Å². The minimum atomic E-state index is -0.975. The Labute approximate surface area is 98.1 Å². The second-order valence-corrected chi connectivity index (χ2v) is 3.88. The van der Waals surface area contributed by atoms with Crippen LogP contribution in [0.15, 0.2) is 24.5 Å². The van der Waals surface area contributed by atoms with Crippen LogP contribution in [0.5, 0.6) is 5.88 Å². The summed E-state index contributed by atoms with van der Waals surface area (Å²) in [6, 6.07) is 4.68. The lowest BCUT2D eigenvalue weighted by molar-refractivity contribution is 0.0697. The Morgan fingerprint density at radius 3 is 2.76 bits per heavy atom. The van der Waals surface area contributed by atoms with Crippen LogP contribution in [0.3, 0.4) is 0 Å². The van der Waals surface area contributed by atoms with Gasteiger partial charge >= 0.3 is 5.97 Å². The number of aromatic carboxylic acids is 1. The molecule has 1 aromatic heterocycles. The predicted octanol–water partition coefficient (Wildman–Crippen LogP) is 2.12. The molecule has 2 rings (SSSR count). The largest absolute Gasteiger partial charge is 0.478 e. The SMILES string of the molecule is CC(C)Oc1ncnc2cc(C(=O)O)ccc12. The van der Waals surface area contributed by atoms with Crippen LogP contribution in [0.4, 0.5) is 0 Å². The quantitative estimate of drug-likeness (QED) is 0.877. The first-order chi connectivity index (χ1) is 8.08. The molecule has 88 valence electrons. The lowest BCUT2D eigenvalue weighted by Crippen LogP contribution is -2.07. The number of aromatic nitrogens is 2. The molecule has 1 N–H and O–H groups in total. The van der Waals surface area contributed by atoms with Crippen molar-refractivity contribution in [2.24, 2.45) is 0 Å². The van der Waals surface area contributed by atoms with Gasteiger partial charge in [0.2, 0.25) is 5.88 Å². The van der Waals surface area contributed by atoms with Crippen LogP contribution in [0, 0.1) is 0 Å². The Balaban J connectivity index is 2.54. The third-order valence-corrected chi connectivity index (χ3v) is 2.19. The van der Waals surface area contributed by atoms with Crippen molar-refractivity contribution in [2.45, 2.75) is 20.0 Å². The standard InChI is InChI=1S/C12H12N2O3/c1-7(2)17-11-9-4-3-8(12(15)16)5-10(9)13-6-14-11/h3-7H,1-2H3,(H,15,16). The maximum absolute atomic E-state index is 10.8. The van der Waals surface area contributed by atoms with Gasteiger partial charge in [0, 0.05) is 0 Å². The number of hydrogen-bond acceptors (Lipinski definition) is 4. The van der Waals surface area contributed by atoms with E-state index in [1.807, 2.05) is 13.8 Å². The van der Waals surface area contributed by atoms with Gasteiger partial charge in [0.05, 0.1) is 22.6 Å². The molecular weight excluding hydrogens is 220 g/mol. The van der Waals surface area contributed by atoms with Crippen LogP contribution < -0.4 is 4.74 Å². The monoisotopic (exact) mass is 232 g/mol. The first-order valence-electron chi connectivity index (χ1n) is 5.22. The second kappa shape index (κ2) is 4.37. The van der Waals surface area contributed by atoms with Gasteiger partial charge in [-0.2, -0.15) is 0 Å². The van der Waals surface area contributed by atoms with Crippen molar-refractivity contribution < 1.29 is 14.6 Å². The molecule has 0 saturated heterocycles. The van der Waals surface area contributed by atoms with Crippen LogP contribution >= 0.6 is 0 Å². The van der Waals surface area contributed by atoms with E-state index in [9.17, 15) is 4.79 Å². The molecule has 1 aromatic carbocycles. The van der Waals surface area contributed by atoms with Crippen molar-refractivity contribution in [3.63, 3.8) is 0 Å². The molecule has 0 radical (unpaired) electrons. The van der Waals surface area contributed by atoms with Gasteiger partial charge in [0.25, 0.3) is 0 Å². The molecule has 0 aliphatic heterocycles. The molecule has 5 heteroatoms. The van der Waals surface area contributed by atoms with Gasteiger partial charge in [-0.05, 0) is 32.0 Å². The topological polar surface area (TPSA) is 72.3 Å². The highest BCUT2D eigenvalue weighted by Crippen LogP contribution is 2.23. The van der Waals surface area contributed by atoms with E-state index in [4.69, 9.17) is 9.84 Å². The van der Waals surface area contributed by atoms with Crippen LogP contribution in [0.2, 0.25) is 0 Å². The minimum Gasteiger partial charge on any atom is -0.478 e. The van der Waals surface area contributed by atoms with Crippen molar-refractivity contribution in [1.82, 2.24) is 9.97 Å². The highest BCUT2D eigenvalue weighted by atomic mass is 16.5. The fourth-order valence-electron chi connectivity index (χ4n) is 1.48. The molecule has 0 fully saturated rings. The van der Waals surface area contributed by atoms with Crippen LogP contribution in [0.25, 0.3) is 10.9 Å². The minimum absolute atomic E-state index is 0.00671. The molecule has 1 heterocycles. The maximum Gasteiger partial charge on any atom is 0.335 e. The Kier molecular flexibility index (Phi) is 2.91. The number of hydrogen-bond donors (Lipinski definition) is 1. The van der Waals surface area contributed by atoms with Gasteiger partial charge in [-0.15, -0.1) is 0 Å². The number of nitrogens with zero attached hydrogens (tertiary/aromatic N) is 2. The number of fused-ring (bicyclic) bond motifs is 1. The average molecular weight is 232 g/mol. The van der Waals surface area contributed by atoms with E-state index in [2.05, 4.69) is 9.97 Å². The first-order valence-corrected chi connectivity index (χ1v) is 5.22. The predicted molar refractivity (Wildman–Crippen MR) is 62.3 cm³/mol. The number of carbonyl (C=O) groups is 1. The van der Waals surface area contributed by atoms with Gasteiger partial charge in [0.1, 0.15) is 6.33 Å². The molecule has 0 saturated carbocycles. The molecule has 0 amide bonds. The summed E-state index contributed by atoms with van der Waals surface area (Å²) in [7, 11) is 0. The first kappa shape index (κ1) is 11.3. The number of benzene rings is 1. The third-order valence-electron chi connectivity index (χ3n) is 2.19. The van der Waals surface area contributed by atoms with Gasteiger partial charge < -0.3 is 9.84 Å².